The molecule has 0 saturated carbocycles. The summed E-state index contributed by atoms with van der Waals surface area (Å²) in [4.78, 5) is 27.6. The van der Waals surface area contributed by atoms with Crippen molar-refractivity contribution < 1.29 is 9.59 Å². The first kappa shape index (κ1) is 25.6. The lowest BCUT2D eigenvalue weighted by atomic mass is 9.99. The molecule has 0 saturated heterocycles. The van der Waals surface area contributed by atoms with E-state index in [1.54, 1.807) is 23.5 Å². The molecule has 182 valence electrons. The van der Waals surface area contributed by atoms with Crippen LogP contribution in [0.4, 0.5) is 11.4 Å². The van der Waals surface area contributed by atoms with Crippen molar-refractivity contribution in [2.24, 2.45) is 0 Å². The highest BCUT2D eigenvalue weighted by Gasteiger charge is 2.12. The van der Waals surface area contributed by atoms with Gasteiger partial charge in [0, 0.05) is 32.3 Å². The maximum absolute atomic E-state index is 12.7. The average molecular weight is 513 g/mol. The van der Waals surface area contributed by atoms with Crippen LogP contribution in [0.3, 0.4) is 0 Å². The molecule has 4 aromatic carbocycles. The molecule has 4 nitrogen and oxygen atoms in total. The molecule has 0 fully saturated rings. The van der Waals surface area contributed by atoms with Crippen molar-refractivity contribution in [2.45, 2.75) is 23.6 Å². The number of rotatable bonds is 7. The number of benzene rings is 4. The van der Waals surface area contributed by atoms with Crippen LogP contribution in [0.5, 0.6) is 0 Å². The fourth-order valence-electron chi connectivity index (χ4n) is 3.88. The Morgan fingerprint density at radius 1 is 0.583 bits per heavy atom. The number of hydrogen-bond acceptors (Lipinski definition) is 4. The van der Waals surface area contributed by atoms with Crippen molar-refractivity contribution in [1.82, 2.24) is 0 Å². The predicted octanol–water partition coefficient (Wildman–Crippen LogP) is 7.92. The van der Waals surface area contributed by atoms with Crippen LogP contribution in [-0.2, 0) is 0 Å². The van der Waals surface area contributed by atoms with Crippen molar-refractivity contribution in [2.75, 3.05) is 23.1 Å². The largest absolute Gasteiger partial charge is 0.322 e. The van der Waals surface area contributed by atoms with Crippen LogP contribution in [0.2, 0.25) is 0 Å². The highest BCUT2D eigenvalue weighted by atomic mass is 32.2. The first-order chi connectivity index (χ1) is 17.4. The van der Waals surface area contributed by atoms with Crippen LogP contribution in [-0.4, -0.2) is 24.3 Å². The molecule has 6 heteroatoms. The van der Waals surface area contributed by atoms with E-state index in [4.69, 9.17) is 0 Å². The number of aryl methyl sites for hydroxylation is 2. The number of hydrogen-bond donors (Lipinski definition) is 2. The fraction of sp³-hybridized carbons (Fsp3) is 0.133. The Bertz CT molecular complexity index is 1320. The van der Waals surface area contributed by atoms with Crippen molar-refractivity contribution in [3.8, 4) is 11.1 Å². The van der Waals surface area contributed by atoms with Gasteiger partial charge in [0.05, 0.1) is 0 Å². The third kappa shape index (κ3) is 6.01. The number of nitrogens with one attached hydrogen (secondary N) is 2. The van der Waals surface area contributed by atoms with Gasteiger partial charge in [0.2, 0.25) is 0 Å². The zero-order chi connectivity index (χ0) is 25.7. The summed E-state index contributed by atoms with van der Waals surface area (Å²) in [6, 6.07) is 27.2. The maximum Gasteiger partial charge on any atom is 0.255 e. The minimum Gasteiger partial charge on any atom is -0.322 e. The van der Waals surface area contributed by atoms with Crippen molar-refractivity contribution in [3.63, 3.8) is 0 Å². The number of anilines is 2. The molecular weight excluding hydrogens is 484 g/mol. The summed E-state index contributed by atoms with van der Waals surface area (Å²) < 4.78 is 0. The number of amides is 2. The van der Waals surface area contributed by atoms with E-state index in [9.17, 15) is 9.59 Å². The first-order valence-electron chi connectivity index (χ1n) is 11.5. The third-order valence-corrected chi connectivity index (χ3v) is 7.40. The summed E-state index contributed by atoms with van der Waals surface area (Å²) in [5, 5.41) is 6.05. The van der Waals surface area contributed by atoms with Gasteiger partial charge in [-0.2, -0.15) is 0 Å². The van der Waals surface area contributed by atoms with E-state index in [-0.39, 0.29) is 11.8 Å². The molecule has 4 aromatic rings. The summed E-state index contributed by atoms with van der Waals surface area (Å²) in [5.41, 5.74) is 6.89. The summed E-state index contributed by atoms with van der Waals surface area (Å²) in [6.45, 7) is 3.98. The van der Waals surface area contributed by atoms with Gasteiger partial charge in [0.15, 0.2) is 0 Å². The second-order valence-electron chi connectivity index (χ2n) is 8.43. The van der Waals surface area contributed by atoms with E-state index in [2.05, 4.69) is 22.8 Å². The maximum atomic E-state index is 12.7. The molecule has 0 aliphatic carbocycles. The average Bonchev–Trinajstić information content (AvgIpc) is 2.90. The standard InChI is InChI=1S/C30H28N2O2S2/c1-19-15-21(11-13-27(19)31-29(33)23-7-5-9-25(17-23)35-3)22-12-14-28(20(2)16-22)32-30(34)24-8-6-10-26(18-24)36-4/h5-18H,1-4H3,(H,31,33)(H,32,34). The zero-order valence-corrected chi connectivity index (χ0v) is 22.3. The smallest absolute Gasteiger partial charge is 0.255 e. The monoisotopic (exact) mass is 512 g/mol. The summed E-state index contributed by atoms with van der Waals surface area (Å²) in [7, 11) is 0. The van der Waals surface area contributed by atoms with Crippen molar-refractivity contribution >= 4 is 46.7 Å². The van der Waals surface area contributed by atoms with Crippen LogP contribution in [0.25, 0.3) is 11.1 Å². The van der Waals surface area contributed by atoms with E-state index < -0.39 is 0 Å². The minimum absolute atomic E-state index is 0.124. The predicted molar refractivity (Wildman–Crippen MR) is 154 cm³/mol. The first-order valence-corrected chi connectivity index (χ1v) is 14.0. The molecule has 0 atom stereocenters. The lowest BCUT2D eigenvalue weighted by Crippen LogP contribution is -2.13. The summed E-state index contributed by atoms with van der Waals surface area (Å²) in [5.74, 6) is -0.249. The van der Waals surface area contributed by atoms with Gasteiger partial charge in [0.1, 0.15) is 0 Å². The zero-order valence-electron chi connectivity index (χ0n) is 20.7. The quantitative estimate of drug-likeness (QED) is 0.247. The van der Waals surface area contributed by atoms with Crippen LogP contribution in [0, 0.1) is 13.8 Å². The van der Waals surface area contributed by atoms with Gasteiger partial charge in [-0.1, -0.05) is 24.3 Å². The second kappa shape index (κ2) is 11.5. The van der Waals surface area contributed by atoms with Gasteiger partial charge < -0.3 is 10.6 Å². The highest BCUT2D eigenvalue weighted by Crippen LogP contribution is 2.29. The molecule has 0 bridgehead atoms. The molecule has 0 radical (unpaired) electrons. The second-order valence-corrected chi connectivity index (χ2v) is 10.2. The van der Waals surface area contributed by atoms with Crippen molar-refractivity contribution in [3.05, 3.63) is 107 Å². The van der Waals surface area contributed by atoms with Gasteiger partial charge in [0.25, 0.3) is 11.8 Å². The van der Waals surface area contributed by atoms with E-state index in [0.29, 0.717) is 11.1 Å². The van der Waals surface area contributed by atoms with E-state index in [1.807, 2.05) is 99.2 Å². The molecule has 0 aromatic heterocycles. The van der Waals surface area contributed by atoms with Crippen LogP contribution in [0.1, 0.15) is 31.8 Å². The third-order valence-electron chi connectivity index (χ3n) is 5.95. The highest BCUT2D eigenvalue weighted by molar-refractivity contribution is 7.98. The van der Waals surface area contributed by atoms with Gasteiger partial charge >= 0.3 is 0 Å². The molecule has 2 amide bonds. The molecule has 36 heavy (non-hydrogen) atoms. The SMILES string of the molecule is CSc1cccc(C(=O)Nc2ccc(-c3ccc(NC(=O)c4cccc(SC)c4)c(C)c3)cc2C)c1. The Labute approximate surface area is 220 Å². The normalized spacial score (nSPS) is 10.7. The van der Waals surface area contributed by atoms with Crippen LogP contribution < -0.4 is 10.6 Å². The van der Waals surface area contributed by atoms with E-state index in [1.165, 1.54) is 0 Å². The summed E-state index contributed by atoms with van der Waals surface area (Å²) >= 11 is 3.22. The van der Waals surface area contributed by atoms with Gasteiger partial charge in [-0.3, -0.25) is 9.59 Å². The molecular formula is C30H28N2O2S2. The Kier molecular flexibility index (Phi) is 8.18. The Morgan fingerprint density at radius 3 is 1.36 bits per heavy atom. The van der Waals surface area contributed by atoms with Gasteiger partial charge in [-0.05, 0) is 109 Å². The topological polar surface area (TPSA) is 58.2 Å². The molecule has 4 rings (SSSR count). The molecule has 0 spiro atoms. The Balaban J connectivity index is 1.48. The van der Waals surface area contributed by atoms with Crippen molar-refractivity contribution in [1.29, 1.82) is 0 Å². The van der Waals surface area contributed by atoms with Crippen LogP contribution >= 0.6 is 23.5 Å². The van der Waals surface area contributed by atoms with E-state index in [0.717, 1.165) is 43.4 Å². The van der Waals surface area contributed by atoms with Gasteiger partial charge in [-0.25, -0.2) is 0 Å². The Hall–Kier alpha value is -3.48. The fourth-order valence-corrected chi connectivity index (χ4v) is 4.80. The molecule has 0 aliphatic heterocycles. The van der Waals surface area contributed by atoms with E-state index >= 15 is 0 Å². The minimum atomic E-state index is -0.124. The Morgan fingerprint density at radius 2 is 1.00 bits per heavy atom. The number of carbonyl (C=O) groups is 2. The van der Waals surface area contributed by atoms with Gasteiger partial charge in [-0.15, -0.1) is 23.5 Å². The number of carbonyl (C=O) groups excluding carboxylic acids is 2. The summed E-state index contributed by atoms with van der Waals surface area (Å²) in [6.07, 6.45) is 3.99. The molecule has 2 N–H and O–H groups in total. The number of thioether (sulfide) groups is 2. The molecule has 0 unspecified atom stereocenters. The van der Waals surface area contributed by atoms with Crippen LogP contribution in [0.15, 0.2) is 94.7 Å². The molecule has 0 heterocycles. The lowest BCUT2D eigenvalue weighted by Gasteiger charge is -2.13. The molecule has 0 aliphatic rings. The lowest BCUT2D eigenvalue weighted by molar-refractivity contribution is 0.101.